The Kier molecular flexibility index (Phi) is 10.7. The van der Waals surface area contributed by atoms with Crippen molar-refractivity contribution >= 4 is 62.6 Å². The van der Waals surface area contributed by atoms with Crippen LogP contribution in [0.3, 0.4) is 0 Å². The Morgan fingerprint density at radius 1 is 1.23 bits per heavy atom. The second-order valence-electron chi connectivity index (χ2n) is 5.32. The molecule has 2 aromatic rings. The molecule has 2 heterocycles. The summed E-state index contributed by atoms with van der Waals surface area (Å²) in [4.78, 5) is 7.91. The van der Waals surface area contributed by atoms with Crippen LogP contribution < -0.4 is 10.0 Å². The van der Waals surface area contributed by atoms with Crippen molar-refractivity contribution < 1.29 is 8.42 Å². The highest BCUT2D eigenvalue weighted by Gasteiger charge is 2.14. The van der Waals surface area contributed by atoms with E-state index in [9.17, 15) is 8.42 Å². The third-order valence-corrected chi connectivity index (χ3v) is 7.19. The first kappa shape index (κ1) is 23.3. The van der Waals surface area contributed by atoms with Crippen molar-refractivity contribution in [2.45, 2.75) is 17.6 Å². The molecule has 0 aromatic carbocycles. The second-order valence-corrected chi connectivity index (χ2v) is 9.29. The van der Waals surface area contributed by atoms with Crippen molar-refractivity contribution in [2.24, 2.45) is 4.99 Å². The highest BCUT2D eigenvalue weighted by molar-refractivity contribution is 14.0. The van der Waals surface area contributed by atoms with Gasteiger partial charge in [-0.05, 0) is 36.2 Å². The molecule has 2 aromatic heterocycles. The van der Waals surface area contributed by atoms with Gasteiger partial charge in [0.25, 0.3) is 0 Å². The summed E-state index contributed by atoms with van der Waals surface area (Å²) in [6.07, 6.45) is 0.962. The maximum atomic E-state index is 12.1. The number of halogens is 1. The summed E-state index contributed by atoms with van der Waals surface area (Å²) in [7, 11) is -1.43. The maximum absolute atomic E-state index is 12.1. The van der Waals surface area contributed by atoms with E-state index >= 15 is 0 Å². The van der Waals surface area contributed by atoms with E-state index in [1.165, 1.54) is 16.2 Å². The van der Waals surface area contributed by atoms with Crippen LogP contribution in [0.25, 0.3) is 0 Å². The van der Waals surface area contributed by atoms with Crippen LogP contribution in [0.4, 0.5) is 0 Å². The Labute approximate surface area is 180 Å². The molecule has 0 aliphatic heterocycles. The molecule has 6 nitrogen and oxygen atoms in total. The van der Waals surface area contributed by atoms with E-state index in [1.807, 2.05) is 14.0 Å². The number of hydrogen-bond donors (Lipinski definition) is 2. The van der Waals surface area contributed by atoms with E-state index in [1.54, 1.807) is 28.8 Å². The average molecular weight is 529 g/mol. The van der Waals surface area contributed by atoms with Crippen molar-refractivity contribution in [3.05, 3.63) is 39.9 Å². The molecule has 2 N–H and O–H groups in total. The fraction of sp³-hybridized carbons (Fsp3) is 0.438. The minimum atomic E-state index is -3.42. The van der Waals surface area contributed by atoms with Gasteiger partial charge in [-0.25, -0.2) is 13.1 Å². The Balaban J connectivity index is 0.00000338. The first-order chi connectivity index (χ1) is 12.0. The van der Waals surface area contributed by atoms with Crippen LogP contribution in [0.1, 0.15) is 11.8 Å². The highest BCUT2D eigenvalue weighted by atomic mass is 127. The molecule has 10 heteroatoms. The normalized spacial score (nSPS) is 11.8. The Morgan fingerprint density at radius 3 is 2.58 bits per heavy atom. The molecule has 0 unspecified atom stereocenters. The average Bonchev–Trinajstić information content (AvgIpc) is 3.29. The van der Waals surface area contributed by atoms with Crippen molar-refractivity contribution in [1.82, 2.24) is 14.9 Å². The molecule has 0 fully saturated rings. The number of likely N-dealkylation sites (N-methyl/N-ethyl adjacent to an activating group) is 1. The topological polar surface area (TPSA) is 73.8 Å². The number of thiophene rings is 2. The number of rotatable bonds is 9. The first-order valence-corrected chi connectivity index (χ1v) is 11.3. The van der Waals surface area contributed by atoms with Crippen molar-refractivity contribution in [2.75, 3.05) is 33.2 Å². The molecule has 0 aliphatic carbocycles. The molecule has 0 aliphatic rings. The zero-order valence-corrected chi connectivity index (χ0v) is 19.6. The van der Waals surface area contributed by atoms with Crippen LogP contribution in [0.15, 0.2) is 44.2 Å². The Morgan fingerprint density at radius 2 is 1.96 bits per heavy atom. The molecule has 0 amide bonds. The monoisotopic (exact) mass is 528 g/mol. The number of nitrogens with one attached hydrogen (secondary N) is 2. The number of sulfonamides is 1. The first-order valence-electron chi connectivity index (χ1n) is 8.08. The third-order valence-electron chi connectivity index (χ3n) is 3.40. The van der Waals surface area contributed by atoms with Crippen LogP contribution in [-0.2, 0) is 16.4 Å². The van der Waals surface area contributed by atoms with Gasteiger partial charge < -0.3 is 10.2 Å². The smallest absolute Gasteiger partial charge is 0.250 e. The van der Waals surface area contributed by atoms with Crippen molar-refractivity contribution in [3.8, 4) is 0 Å². The van der Waals surface area contributed by atoms with Crippen LogP contribution in [0.5, 0.6) is 0 Å². The predicted molar refractivity (Wildman–Crippen MR) is 122 cm³/mol. The molecule has 2 rings (SSSR count). The molecule has 0 saturated carbocycles. The molecule has 146 valence electrons. The summed E-state index contributed by atoms with van der Waals surface area (Å²) in [5.74, 6) is 0.786. The zero-order chi connectivity index (χ0) is 18.1. The summed E-state index contributed by atoms with van der Waals surface area (Å²) in [6.45, 7) is 4.29. The van der Waals surface area contributed by atoms with Gasteiger partial charge in [-0.2, -0.15) is 0 Å². The number of aliphatic imine (C=N–C) groups is 1. The zero-order valence-electron chi connectivity index (χ0n) is 14.8. The molecule has 0 radical (unpaired) electrons. The lowest BCUT2D eigenvalue weighted by atomic mass is 10.3. The standard InChI is InChI=1S/C16H24N4O2S3.HI/c1-3-17-16(20(2)11-8-14-6-4-12-23-14)18-9-10-19-25(21,22)15-7-5-13-24-15;/h4-7,12-13,19H,3,8-11H2,1-2H3,(H,17,18);1H. The van der Waals surface area contributed by atoms with Gasteiger partial charge in [-0.3, -0.25) is 4.99 Å². The van der Waals surface area contributed by atoms with Gasteiger partial charge in [-0.1, -0.05) is 12.1 Å². The summed E-state index contributed by atoms with van der Waals surface area (Å²) in [6, 6.07) is 7.50. The molecule has 0 bridgehead atoms. The minimum absolute atomic E-state index is 0. The summed E-state index contributed by atoms with van der Waals surface area (Å²) in [5.41, 5.74) is 0. The Bertz CT molecular complexity index is 747. The van der Waals surface area contributed by atoms with Gasteiger partial charge in [0, 0.05) is 31.6 Å². The van der Waals surface area contributed by atoms with E-state index in [4.69, 9.17) is 0 Å². The fourth-order valence-electron chi connectivity index (χ4n) is 2.14. The lowest BCUT2D eigenvalue weighted by molar-refractivity contribution is 0.486. The van der Waals surface area contributed by atoms with E-state index in [0.29, 0.717) is 10.8 Å². The molecular weight excluding hydrogens is 503 g/mol. The largest absolute Gasteiger partial charge is 0.357 e. The van der Waals surface area contributed by atoms with Crippen LogP contribution >= 0.6 is 46.7 Å². The lowest BCUT2D eigenvalue weighted by Gasteiger charge is -2.21. The second kappa shape index (κ2) is 11.9. The van der Waals surface area contributed by atoms with Gasteiger partial charge in [0.15, 0.2) is 5.96 Å². The number of guanidine groups is 1. The molecular formula is C16H25IN4O2S3. The van der Waals surface area contributed by atoms with Crippen molar-refractivity contribution in [1.29, 1.82) is 0 Å². The van der Waals surface area contributed by atoms with Gasteiger partial charge in [0.05, 0.1) is 6.54 Å². The lowest BCUT2D eigenvalue weighted by Crippen LogP contribution is -2.40. The fourth-order valence-corrected chi connectivity index (χ4v) is 4.89. The van der Waals surface area contributed by atoms with Gasteiger partial charge in [0.1, 0.15) is 4.21 Å². The molecule has 0 atom stereocenters. The van der Waals surface area contributed by atoms with E-state index in [2.05, 4.69) is 37.4 Å². The number of hydrogen-bond acceptors (Lipinski definition) is 5. The third kappa shape index (κ3) is 7.51. The maximum Gasteiger partial charge on any atom is 0.250 e. The van der Waals surface area contributed by atoms with Crippen LogP contribution in [-0.4, -0.2) is 52.5 Å². The molecule has 0 saturated heterocycles. The minimum Gasteiger partial charge on any atom is -0.357 e. The van der Waals surface area contributed by atoms with E-state index < -0.39 is 10.0 Å². The van der Waals surface area contributed by atoms with Gasteiger partial charge in [0.2, 0.25) is 10.0 Å². The summed E-state index contributed by atoms with van der Waals surface area (Å²) in [5, 5.41) is 7.07. The molecule has 26 heavy (non-hydrogen) atoms. The van der Waals surface area contributed by atoms with E-state index in [-0.39, 0.29) is 30.5 Å². The summed E-state index contributed by atoms with van der Waals surface area (Å²) < 4.78 is 27.0. The SMILES string of the molecule is CCNC(=NCCNS(=O)(=O)c1cccs1)N(C)CCc1cccs1.I. The predicted octanol–water partition coefficient (Wildman–Crippen LogP) is 2.85. The van der Waals surface area contributed by atoms with Crippen molar-refractivity contribution in [3.63, 3.8) is 0 Å². The van der Waals surface area contributed by atoms with Gasteiger partial charge >= 0.3 is 0 Å². The highest BCUT2D eigenvalue weighted by Crippen LogP contribution is 2.14. The van der Waals surface area contributed by atoms with E-state index in [0.717, 1.165) is 25.5 Å². The molecule has 0 spiro atoms. The number of nitrogens with zero attached hydrogens (tertiary/aromatic N) is 2. The van der Waals surface area contributed by atoms with Gasteiger partial charge in [-0.15, -0.1) is 46.7 Å². The van der Waals surface area contributed by atoms with Crippen LogP contribution in [0.2, 0.25) is 0 Å². The quantitative estimate of drug-likeness (QED) is 0.227. The van der Waals surface area contributed by atoms with Crippen LogP contribution in [0, 0.1) is 0 Å². The summed E-state index contributed by atoms with van der Waals surface area (Å²) >= 11 is 2.96. The Hall–Kier alpha value is -0.690.